The van der Waals surface area contributed by atoms with E-state index in [4.69, 9.17) is 0 Å². The predicted octanol–water partition coefficient (Wildman–Crippen LogP) is 3.13. The summed E-state index contributed by atoms with van der Waals surface area (Å²) in [5.74, 6) is 0.107. The zero-order chi connectivity index (χ0) is 23.0. The monoisotopic (exact) mass is 446 g/mol. The fourth-order valence-electron chi connectivity index (χ4n) is 4.08. The molecule has 1 aromatic heterocycles. The summed E-state index contributed by atoms with van der Waals surface area (Å²) in [5, 5.41) is 15.6. The molecule has 0 radical (unpaired) electrons. The Morgan fingerprint density at radius 2 is 1.76 bits per heavy atom. The molecule has 8 heteroatoms. The van der Waals surface area contributed by atoms with E-state index < -0.39 is 0 Å². The van der Waals surface area contributed by atoms with E-state index in [9.17, 15) is 9.59 Å². The Balaban J connectivity index is 1.43. The summed E-state index contributed by atoms with van der Waals surface area (Å²) in [6.45, 7) is 2.28. The molecule has 0 saturated heterocycles. The van der Waals surface area contributed by atoms with Gasteiger partial charge in [-0.15, -0.1) is 10.2 Å². The van der Waals surface area contributed by atoms with Gasteiger partial charge in [0, 0.05) is 18.2 Å². The first-order valence-electron chi connectivity index (χ1n) is 11.5. The molecule has 1 fully saturated rings. The van der Waals surface area contributed by atoms with Crippen LogP contribution >= 0.6 is 0 Å². The summed E-state index contributed by atoms with van der Waals surface area (Å²) >= 11 is 0. The van der Waals surface area contributed by atoms with Crippen molar-refractivity contribution in [2.45, 2.75) is 58.2 Å². The second kappa shape index (κ2) is 10.8. The molecular formula is C25H30N6O2. The number of hydrogen-bond acceptors (Lipinski definition) is 5. The van der Waals surface area contributed by atoms with E-state index in [0.717, 1.165) is 42.4 Å². The van der Waals surface area contributed by atoms with Crippen molar-refractivity contribution in [3.63, 3.8) is 0 Å². The molecule has 33 heavy (non-hydrogen) atoms. The van der Waals surface area contributed by atoms with Crippen molar-refractivity contribution in [1.82, 2.24) is 30.4 Å². The van der Waals surface area contributed by atoms with Crippen LogP contribution in [0.2, 0.25) is 0 Å². The molecule has 0 aliphatic heterocycles. The number of rotatable bonds is 8. The van der Waals surface area contributed by atoms with Crippen LogP contribution in [-0.4, -0.2) is 49.5 Å². The highest BCUT2D eigenvalue weighted by Gasteiger charge is 2.22. The van der Waals surface area contributed by atoms with E-state index in [1.807, 2.05) is 61.5 Å². The van der Waals surface area contributed by atoms with Gasteiger partial charge in [-0.05, 0) is 30.5 Å². The van der Waals surface area contributed by atoms with Crippen LogP contribution in [0.3, 0.4) is 0 Å². The van der Waals surface area contributed by atoms with E-state index in [-0.39, 0.29) is 30.9 Å². The van der Waals surface area contributed by atoms with E-state index in [0.29, 0.717) is 12.4 Å². The molecule has 1 saturated carbocycles. The van der Waals surface area contributed by atoms with Crippen molar-refractivity contribution >= 4 is 11.8 Å². The Labute approximate surface area is 194 Å². The fraction of sp³-hybridized carbons (Fsp3) is 0.400. The lowest BCUT2D eigenvalue weighted by molar-refractivity contribution is -0.137. The first kappa shape index (κ1) is 22.6. The van der Waals surface area contributed by atoms with Gasteiger partial charge in [-0.1, -0.05) is 79.4 Å². The third kappa shape index (κ3) is 6.47. The molecule has 0 atom stereocenters. The molecule has 0 bridgehead atoms. The highest BCUT2D eigenvalue weighted by molar-refractivity contribution is 5.84. The first-order chi connectivity index (χ1) is 16.1. The highest BCUT2D eigenvalue weighted by atomic mass is 16.2. The van der Waals surface area contributed by atoms with E-state index in [1.165, 1.54) is 11.2 Å². The van der Waals surface area contributed by atoms with Gasteiger partial charge in [0.1, 0.15) is 6.54 Å². The Bertz CT molecular complexity index is 1060. The van der Waals surface area contributed by atoms with Gasteiger partial charge in [0.25, 0.3) is 0 Å². The molecule has 0 unspecified atom stereocenters. The number of benzene rings is 2. The zero-order valence-electron chi connectivity index (χ0n) is 19.0. The van der Waals surface area contributed by atoms with E-state index >= 15 is 0 Å². The van der Waals surface area contributed by atoms with Crippen LogP contribution in [0.4, 0.5) is 0 Å². The number of nitrogens with zero attached hydrogens (tertiary/aromatic N) is 5. The Morgan fingerprint density at radius 3 is 2.48 bits per heavy atom. The maximum absolute atomic E-state index is 13.2. The maximum Gasteiger partial charge on any atom is 0.247 e. The van der Waals surface area contributed by atoms with Gasteiger partial charge in [-0.25, -0.2) is 0 Å². The van der Waals surface area contributed by atoms with Crippen LogP contribution < -0.4 is 5.32 Å². The minimum Gasteiger partial charge on any atom is -0.352 e. The quantitative estimate of drug-likeness (QED) is 0.574. The maximum atomic E-state index is 13.2. The lowest BCUT2D eigenvalue weighted by Gasteiger charge is -2.26. The number of aromatic nitrogens is 4. The number of nitrogens with one attached hydrogen (secondary N) is 1. The Hall–Kier alpha value is -3.55. The summed E-state index contributed by atoms with van der Waals surface area (Å²) < 4.78 is 0. The van der Waals surface area contributed by atoms with E-state index in [1.54, 1.807) is 4.90 Å². The molecular weight excluding hydrogens is 416 g/mol. The molecule has 8 nitrogen and oxygen atoms in total. The molecule has 2 amide bonds. The van der Waals surface area contributed by atoms with Gasteiger partial charge >= 0.3 is 0 Å². The largest absolute Gasteiger partial charge is 0.352 e. The molecule has 1 aliphatic carbocycles. The van der Waals surface area contributed by atoms with Gasteiger partial charge in [0.15, 0.2) is 0 Å². The van der Waals surface area contributed by atoms with Gasteiger partial charge in [0.2, 0.25) is 17.6 Å². The van der Waals surface area contributed by atoms with Gasteiger partial charge < -0.3 is 10.2 Å². The summed E-state index contributed by atoms with van der Waals surface area (Å²) in [6, 6.07) is 17.7. The van der Waals surface area contributed by atoms with Crippen molar-refractivity contribution in [1.29, 1.82) is 0 Å². The Morgan fingerprint density at radius 1 is 1.03 bits per heavy atom. The molecule has 3 aromatic rings. The molecule has 2 aromatic carbocycles. The number of hydrogen-bond donors (Lipinski definition) is 1. The normalized spacial score (nSPS) is 14.1. The summed E-state index contributed by atoms with van der Waals surface area (Å²) in [5.41, 5.74) is 2.94. The van der Waals surface area contributed by atoms with Gasteiger partial charge in [0.05, 0.1) is 6.54 Å². The van der Waals surface area contributed by atoms with Gasteiger partial charge in [-0.3, -0.25) is 9.59 Å². The molecule has 1 aliphatic rings. The van der Waals surface area contributed by atoms with Crippen LogP contribution in [0, 0.1) is 6.92 Å². The number of carbonyl (C=O) groups excluding carboxylic acids is 2. The van der Waals surface area contributed by atoms with Crippen LogP contribution in [0.25, 0.3) is 11.4 Å². The van der Waals surface area contributed by atoms with Crippen molar-refractivity contribution in [2.24, 2.45) is 0 Å². The second-order valence-electron chi connectivity index (χ2n) is 8.65. The van der Waals surface area contributed by atoms with Crippen LogP contribution in [-0.2, 0) is 22.7 Å². The third-order valence-electron chi connectivity index (χ3n) is 5.91. The predicted molar refractivity (Wildman–Crippen MR) is 125 cm³/mol. The molecule has 172 valence electrons. The average molecular weight is 447 g/mol. The number of carbonyl (C=O) groups is 2. The number of aryl methyl sites for hydroxylation is 1. The summed E-state index contributed by atoms with van der Waals surface area (Å²) in [4.78, 5) is 28.7. The van der Waals surface area contributed by atoms with Crippen molar-refractivity contribution in [3.8, 4) is 11.4 Å². The van der Waals surface area contributed by atoms with Crippen molar-refractivity contribution in [3.05, 3.63) is 65.7 Å². The lowest BCUT2D eigenvalue weighted by atomic mass is 9.95. The highest BCUT2D eigenvalue weighted by Crippen LogP contribution is 2.17. The molecule has 1 N–H and O–H groups in total. The summed E-state index contributed by atoms with van der Waals surface area (Å²) in [7, 11) is 0. The Kier molecular flexibility index (Phi) is 7.44. The standard InChI is InChI=1S/C25H30N6O2/c1-19-12-14-21(15-13-19)25-27-29-31(28-25)18-24(33)30(16-20-8-4-2-5-9-20)17-23(32)26-22-10-6-3-7-11-22/h2,4-5,8-9,12-15,22H,3,6-7,10-11,16-18H2,1H3,(H,26,32). The number of tetrazole rings is 1. The topological polar surface area (TPSA) is 93.0 Å². The number of amides is 2. The fourth-order valence-corrected chi connectivity index (χ4v) is 4.08. The molecule has 0 spiro atoms. The first-order valence-corrected chi connectivity index (χ1v) is 11.5. The average Bonchev–Trinajstić information content (AvgIpc) is 3.29. The second-order valence-corrected chi connectivity index (χ2v) is 8.65. The molecule has 1 heterocycles. The lowest BCUT2D eigenvalue weighted by Crippen LogP contribution is -2.45. The smallest absolute Gasteiger partial charge is 0.247 e. The minimum absolute atomic E-state index is 0.00371. The SMILES string of the molecule is Cc1ccc(-c2nnn(CC(=O)N(CC(=O)NC3CCCCC3)Cc3ccccc3)n2)cc1. The molecule has 4 rings (SSSR count). The third-order valence-corrected chi connectivity index (χ3v) is 5.91. The zero-order valence-corrected chi connectivity index (χ0v) is 19.0. The van der Waals surface area contributed by atoms with Crippen LogP contribution in [0.5, 0.6) is 0 Å². The van der Waals surface area contributed by atoms with Crippen LogP contribution in [0.15, 0.2) is 54.6 Å². The van der Waals surface area contributed by atoms with Crippen molar-refractivity contribution in [2.75, 3.05) is 6.54 Å². The van der Waals surface area contributed by atoms with Crippen molar-refractivity contribution < 1.29 is 9.59 Å². The van der Waals surface area contributed by atoms with E-state index in [2.05, 4.69) is 20.7 Å². The van der Waals surface area contributed by atoms with Crippen LogP contribution in [0.1, 0.15) is 43.2 Å². The minimum atomic E-state index is -0.231. The van der Waals surface area contributed by atoms with Gasteiger partial charge in [-0.2, -0.15) is 4.80 Å². The summed E-state index contributed by atoms with van der Waals surface area (Å²) in [6.07, 6.45) is 5.50.